The van der Waals surface area contributed by atoms with Crippen LogP contribution in [0, 0.1) is 5.92 Å². The van der Waals surface area contributed by atoms with Gasteiger partial charge in [0.25, 0.3) is 5.91 Å². The smallest absolute Gasteiger partial charge is 0.315 e. The molecule has 2 saturated heterocycles. The molecule has 2 heterocycles. The summed E-state index contributed by atoms with van der Waals surface area (Å²) in [5.74, 6) is 0.433. The number of carbonyl (C=O) groups excluding carboxylic acids is 5. The Morgan fingerprint density at radius 2 is 1.81 bits per heavy atom. The van der Waals surface area contributed by atoms with Crippen molar-refractivity contribution in [2.45, 2.75) is 108 Å². The van der Waals surface area contributed by atoms with E-state index in [1.54, 1.807) is 12.1 Å². The highest BCUT2D eigenvalue weighted by atomic mass is 32.2. The normalized spacial score (nSPS) is 20.7. The molecule has 0 spiro atoms. The van der Waals surface area contributed by atoms with Crippen molar-refractivity contribution in [1.29, 1.82) is 0 Å². The minimum Gasteiger partial charge on any atom is -0.356 e. The van der Waals surface area contributed by atoms with Gasteiger partial charge in [-0.05, 0) is 68.6 Å². The molecule has 10 nitrogen and oxygen atoms in total. The van der Waals surface area contributed by atoms with Crippen molar-refractivity contribution >= 4 is 41.8 Å². The van der Waals surface area contributed by atoms with Gasteiger partial charge in [0.2, 0.25) is 11.8 Å². The van der Waals surface area contributed by atoms with Gasteiger partial charge in [-0.3, -0.25) is 14.4 Å². The quantitative estimate of drug-likeness (QED) is 0.0994. The zero-order valence-electron chi connectivity index (χ0n) is 25.1. The molecule has 0 bridgehead atoms. The fourth-order valence-corrected chi connectivity index (χ4v) is 6.92. The minimum atomic E-state index is -0.743. The Morgan fingerprint density at radius 3 is 2.50 bits per heavy atom. The number of urea groups is 1. The molecule has 0 radical (unpaired) electrons. The lowest BCUT2D eigenvalue weighted by Crippen LogP contribution is -2.50. The molecule has 0 aromatic heterocycles. The zero-order chi connectivity index (χ0) is 30.5. The lowest BCUT2D eigenvalue weighted by atomic mass is 10.0. The Kier molecular flexibility index (Phi) is 13.6. The number of hydrogen-bond acceptors (Lipinski definition) is 6. The lowest BCUT2D eigenvalue weighted by molar-refractivity contribution is -0.126. The van der Waals surface area contributed by atoms with Gasteiger partial charge in [0, 0.05) is 29.5 Å². The van der Waals surface area contributed by atoms with Crippen LogP contribution in [0.25, 0.3) is 0 Å². The summed E-state index contributed by atoms with van der Waals surface area (Å²) in [6, 6.07) is 6.25. The van der Waals surface area contributed by atoms with Crippen molar-refractivity contribution in [2.75, 3.05) is 12.3 Å². The predicted molar refractivity (Wildman–Crippen MR) is 165 cm³/mol. The van der Waals surface area contributed by atoms with Gasteiger partial charge >= 0.3 is 6.03 Å². The number of benzene rings is 1. The van der Waals surface area contributed by atoms with Crippen molar-refractivity contribution in [3.63, 3.8) is 0 Å². The van der Waals surface area contributed by atoms with Crippen molar-refractivity contribution in [3.8, 4) is 0 Å². The molecular formula is C31H47N5O5S. The highest BCUT2D eigenvalue weighted by molar-refractivity contribution is 8.00. The zero-order valence-corrected chi connectivity index (χ0v) is 25.9. The summed E-state index contributed by atoms with van der Waals surface area (Å²) >= 11 is 1.88. The van der Waals surface area contributed by atoms with Crippen LogP contribution in [0.5, 0.6) is 0 Å². The van der Waals surface area contributed by atoms with Crippen molar-refractivity contribution in [2.24, 2.45) is 5.92 Å². The Bertz CT molecular complexity index is 1070. The number of aldehydes is 1. The van der Waals surface area contributed by atoms with Crippen LogP contribution in [0.1, 0.15) is 88.1 Å². The molecule has 2 fully saturated rings. The van der Waals surface area contributed by atoms with Gasteiger partial charge in [0.15, 0.2) is 0 Å². The number of rotatable bonds is 18. The highest BCUT2D eigenvalue weighted by Crippen LogP contribution is 2.33. The first-order valence-electron chi connectivity index (χ1n) is 15.3. The summed E-state index contributed by atoms with van der Waals surface area (Å²) in [6.07, 6.45) is 7.07. The van der Waals surface area contributed by atoms with Crippen LogP contribution in [0.3, 0.4) is 0 Å². The molecule has 232 valence electrons. The first kappa shape index (κ1) is 33.4. The van der Waals surface area contributed by atoms with Gasteiger partial charge in [-0.2, -0.15) is 11.8 Å². The Balaban J connectivity index is 1.30. The largest absolute Gasteiger partial charge is 0.356 e. The van der Waals surface area contributed by atoms with Gasteiger partial charge in [0.05, 0.1) is 18.1 Å². The second-order valence-corrected chi connectivity index (χ2v) is 12.9. The maximum atomic E-state index is 13.0. The van der Waals surface area contributed by atoms with E-state index in [9.17, 15) is 24.0 Å². The molecule has 0 aliphatic carbocycles. The molecule has 0 saturated carbocycles. The molecule has 2 aliphatic rings. The van der Waals surface area contributed by atoms with Crippen LogP contribution < -0.4 is 26.6 Å². The first-order valence-corrected chi connectivity index (χ1v) is 16.4. The van der Waals surface area contributed by atoms with Crippen LogP contribution >= 0.6 is 11.8 Å². The highest BCUT2D eigenvalue weighted by Gasteiger charge is 2.42. The molecule has 1 aromatic rings. The maximum absolute atomic E-state index is 13.0. The van der Waals surface area contributed by atoms with Crippen LogP contribution in [0.4, 0.5) is 4.79 Å². The number of carbonyl (C=O) groups is 5. The van der Waals surface area contributed by atoms with Crippen molar-refractivity contribution < 1.29 is 24.0 Å². The summed E-state index contributed by atoms with van der Waals surface area (Å²) in [6.45, 7) is 6.51. The number of fused-ring (bicyclic) bond motifs is 1. The summed E-state index contributed by atoms with van der Waals surface area (Å²) in [5, 5.41) is 14.9. The standard InChI is InChI=1S/C31H47N5O5S/c1-4-21-12-14-22(15-13-21)29(39)34-24(17-20(2)3)30(40)33-23(18-37)9-7-8-16-32-27(38)11-6-5-10-26-28-25(19-42-26)35-31(41)36-28/h12-15,18,20,23-26,28H,4-11,16-17,19H2,1-3H3,(H,32,38)(H,33,40)(H,34,39)(H2,35,36,41)/t23-,24-,25-,26-,28-/m0/s1. The van der Waals surface area contributed by atoms with E-state index in [4.69, 9.17) is 0 Å². The lowest BCUT2D eigenvalue weighted by Gasteiger charge is -2.22. The third kappa shape index (κ3) is 10.6. The van der Waals surface area contributed by atoms with Gasteiger partial charge in [0.1, 0.15) is 12.3 Å². The van der Waals surface area contributed by atoms with Crippen LogP contribution in [-0.4, -0.2) is 71.8 Å². The number of thioether (sulfide) groups is 1. The van der Waals surface area contributed by atoms with E-state index in [-0.39, 0.29) is 41.8 Å². The van der Waals surface area contributed by atoms with Gasteiger partial charge in [-0.1, -0.05) is 39.3 Å². The molecule has 5 atom stereocenters. The summed E-state index contributed by atoms with van der Waals surface area (Å²) in [7, 11) is 0. The third-order valence-electron chi connectivity index (χ3n) is 7.79. The number of aryl methyl sites for hydroxylation is 1. The summed E-state index contributed by atoms with van der Waals surface area (Å²) < 4.78 is 0. The van der Waals surface area contributed by atoms with Crippen LogP contribution in [0.2, 0.25) is 0 Å². The summed E-state index contributed by atoms with van der Waals surface area (Å²) in [5.41, 5.74) is 1.62. The number of hydrogen-bond donors (Lipinski definition) is 5. The molecule has 0 unspecified atom stereocenters. The topological polar surface area (TPSA) is 146 Å². The SMILES string of the molecule is CCc1ccc(C(=O)N[C@@H](CC(C)C)C(=O)N[C@H](C=O)CCCCNC(=O)CCCC[C@@H]2SC[C@@H]3NC(=O)N[C@@H]32)cc1. The second kappa shape index (κ2) is 17.1. The molecule has 1 aromatic carbocycles. The molecular weight excluding hydrogens is 554 g/mol. The fourth-order valence-electron chi connectivity index (χ4n) is 5.37. The molecule has 5 amide bonds. The molecule has 42 heavy (non-hydrogen) atoms. The van der Waals surface area contributed by atoms with Gasteiger partial charge in [-0.15, -0.1) is 0 Å². The number of unbranched alkanes of at least 4 members (excludes halogenated alkanes) is 2. The minimum absolute atomic E-state index is 0.0135. The van der Waals surface area contributed by atoms with Crippen LogP contribution in [0.15, 0.2) is 24.3 Å². The fraction of sp³-hybridized carbons (Fsp3) is 0.645. The average Bonchev–Trinajstić information content (AvgIpc) is 3.52. The van der Waals surface area contributed by atoms with E-state index >= 15 is 0 Å². The third-order valence-corrected chi connectivity index (χ3v) is 9.30. The predicted octanol–water partition coefficient (Wildman–Crippen LogP) is 3.09. The number of nitrogens with one attached hydrogen (secondary N) is 5. The molecule has 3 rings (SSSR count). The summed E-state index contributed by atoms with van der Waals surface area (Å²) in [4.78, 5) is 61.2. The van der Waals surface area contributed by atoms with E-state index in [1.165, 1.54) is 0 Å². The Hall–Kier alpha value is -3.08. The molecule has 5 N–H and O–H groups in total. The maximum Gasteiger partial charge on any atom is 0.315 e. The van der Waals surface area contributed by atoms with Crippen molar-refractivity contribution in [1.82, 2.24) is 26.6 Å². The molecule has 2 aliphatic heterocycles. The van der Waals surface area contributed by atoms with Crippen molar-refractivity contribution in [3.05, 3.63) is 35.4 Å². The van der Waals surface area contributed by atoms with Crippen LogP contribution in [-0.2, 0) is 20.8 Å². The monoisotopic (exact) mass is 601 g/mol. The van der Waals surface area contributed by atoms with E-state index in [0.29, 0.717) is 49.5 Å². The van der Waals surface area contributed by atoms with E-state index in [1.807, 2.05) is 44.7 Å². The average molecular weight is 602 g/mol. The second-order valence-electron chi connectivity index (χ2n) is 11.7. The Morgan fingerprint density at radius 1 is 1.05 bits per heavy atom. The van der Waals surface area contributed by atoms with E-state index < -0.39 is 12.1 Å². The Labute approximate surface area is 253 Å². The van der Waals surface area contributed by atoms with Gasteiger partial charge in [-0.25, -0.2) is 4.79 Å². The first-order chi connectivity index (χ1) is 20.2. The van der Waals surface area contributed by atoms with E-state index in [0.717, 1.165) is 43.3 Å². The van der Waals surface area contributed by atoms with E-state index in [2.05, 4.69) is 26.6 Å². The molecule has 11 heteroatoms. The number of amides is 5. The van der Waals surface area contributed by atoms with Gasteiger partial charge < -0.3 is 31.4 Å².